The van der Waals surface area contributed by atoms with Gasteiger partial charge in [0.1, 0.15) is 0 Å². The maximum absolute atomic E-state index is 12.7. The van der Waals surface area contributed by atoms with Gasteiger partial charge in [-0.3, -0.25) is 4.79 Å². The van der Waals surface area contributed by atoms with Crippen LogP contribution in [0.2, 0.25) is 0 Å². The van der Waals surface area contributed by atoms with Crippen molar-refractivity contribution in [2.75, 3.05) is 13.1 Å². The molecule has 138 valence electrons. The molecular weight excluding hydrogens is 320 g/mol. The molecule has 2 N–H and O–H groups in total. The first-order valence-corrected chi connectivity index (χ1v) is 9.90. The number of aryl methyl sites for hydroxylation is 2. The second-order valence-corrected chi connectivity index (χ2v) is 7.28. The predicted molar refractivity (Wildman–Crippen MR) is 107 cm³/mol. The second kappa shape index (κ2) is 10.1. The summed E-state index contributed by atoms with van der Waals surface area (Å²) in [6, 6.07) is 21.4. The van der Waals surface area contributed by atoms with E-state index in [1.165, 1.54) is 11.1 Å². The molecule has 0 saturated carbocycles. The van der Waals surface area contributed by atoms with Crippen molar-refractivity contribution in [1.29, 1.82) is 0 Å². The number of benzene rings is 2. The lowest BCUT2D eigenvalue weighted by molar-refractivity contribution is -0.126. The van der Waals surface area contributed by atoms with Gasteiger partial charge < -0.3 is 10.6 Å². The number of amides is 1. The highest BCUT2D eigenvalue weighted by Gasteiger charge is 2.23. The molecule has 3 rings (SSSR count). The zero-order chi connectivity index (χ0) is 18.0. The van der Waals surface area contributed by atoms with E-state index in [4.69, 9.17) is 0 Å². The zero-order valence-corrected chi connectivity index (χ0v) is 15.5. The normalized spacial score (nSPS) is 15.1. The molecule has 0 radical (unpaired) electrons. The Bertz CT molecular complexity index is 607. The van der Waals surface area contributed by atoms with Crippen molar-refractivity contribution in [3.63, 3.8) is 0 Å². The van der Waals surface area contributed by atoms with Gasteiger partial charge in [-0.1, -0.05) is 60.7 Å². The Labute approximate surface area is 157 Å². The lowest BCUT2D eigenvalue weighted by atomic mass is 9.95. The molecule has 2 aromatic carbocycles. The standard InChI is InChI=1S/C23H30N2O/c26-23(21-15-17-24-18-16-21)25-22(13-11-19-7-3-1-4-8-19)14-12-20-9-5-2-6-10-20/h1-10,21-22,24H,11-18H2,(H,25,26). The predicted octanol–water partition coefficient (Wildman–Crippen LogP) is 3.74. The van der Waals surface area contributed by atoms with E-state index < -0.39 is 0 Å². The zero-order valence-electron chi connectivity index (χ0n) is 15.5. The summed E-state index contributed by atoms with van der Waals surface area (Å²) >= 11 is 0. The third kappa shape index (κ3) is 5.99. The fourth-order valence-electron chi connectivity index (χ4n) is 3.66. The number of nitrogens with one attached hydrogen (secondary N) is 2. The fraction of sp³-hybridized carbons (Fsp3) is 0.435. The number of hydrogen-bond donors (Lipinski definition) is 2. The molecule has 3 nitrogen and oxygen atoms in total. The number of hydrogen-bond acceptors (Lipinski definition) is 2. The number of rotatable bonds is 8. The third-order valence-corrected chi connectivity index (χ3v) is 5.30. The van der Waals surface area contributed by atoms with Gasteiger partial charge in [0.15, 0.2) is 0 Å². The molecule has 0 spiro atoms. The molecule has 1 heterocycles. The van der Waals surface area contributed by atoms with Crippen molar-refractivity contribution in [2.45, 2.75) is 44.6 Å². The van der Waals surface area contributed by atoms with Crippen molar-refractivity contribution in [3.05, 3.63) is 71.8 Å². The molecular formula is C23H30N2O. The SMILES string of the molecule is O=C(NC(CCc1ccccc1)CCc1ccccc1)C1CCNCC1. The monoisotopic (exact) mass is 350 g/mol. The smallest absolute Gasteiger partial charge is 0.223 e. The Morgan fingerprint density at radius 2 is 1.38 bits per heavy atom. The molecule has 26 heavy (non-hydrogen) atoms. The van der Waals surface area contributed by atoms with E-state index in [-0.39, 0.29) is 17.9 Å². The van der Waals surface area contributed by atoms with Crippen LogP contribution in [-0.2, 0) is 17.6 Å². The number of carbonyl (C=O) groups is 1. The summed E-state index contributed by atoms with van der Waals surface area (Å²) in [6.45, 7) is 1.91. The molecule has 0 bridgehead atoms. The van der Waals surface area contributed by atoms with Gasteiger partial charge >= 0.3 is 0 Å². The molecule has 1 fully saturated rings. The molecule has 1 amide bonds. The maximum Gasteiger partial charge on any atom is 0.223 e. The van der Waals surface area contributed by atoms with Crippen LogP contribution in [0.25, 0.3) is 0 Å². The van der Waals surface area contributed by atoms with Crippen LogP contribution in [0.1, 0.15) is 36.8 Å². The van der Waals surface area contributed by atoms with Gasteiger partial charge in [-0.05, 0) is 62.7 Å². The lowest BCUT2D eigenvalue weighted by Crippen LogP contribution is -2.43. The Hall–Kier alpha value is -2.13. The van der Waals surface area contributed by atoms with Crippen LogP contribution in [0, 0.1) is 5.92 Å². The average Bonchev–Trinajstić information content (AvgIpc) is 2.72. The van der Waals surface area contributed by atoms with E-state index in [1.807, 2.05) is 0 Å². The highest BCUT2D eigenvalue weighted by atomic mass is 16.1. The van der Waals surface area contributed by atoms with Crippen LogP contribution >= 0.6 is 0 Å². The average molecular weight is 351 g/mol. The van der Waals surface area contributed by atoms with Crippen molar-refractivity contribution in [3.8, 4) is 0 Å². The van der Waals surface area contributed by atoms with Gasteiger partial charge in [0.2, 0.25) is 5.91 Å². The minimum absolute atomic E-state index is 0.173. The summed E-state index contributed by atoms with van der Waals surface area (Å²) in [4.78, 5) is 12.7. The number of piperidine rings is 1. The van der Waals surface area contributed by atoms with Gasteiger partial charge in [-0.25, -0.2) is 0 Å². The van der Waals surface area contributed by atoms with E-state index in [2.05, 4.69) is 71.3 Å². The summed E-state index contributed by atoms with van der Waals surface area (Å²) in [5, 5.41) is 6.70. The first-order chi connectivity index (χ1) is 12.8. The van der Waals surface area contributed by atoms with E-state index in [1.54, 1.807) is 0 Å². The summed E-state index contributed by atoms with van der Waals surface area (Å²) in [6.07, 6.45) is 5.91. The summed E-state index contributed by atoms with van der Waals surface area (Å²) in [7, 11) is 0. The minimum atomic E-state index is 0.173. The van der Waals surface area contributed by atoms with Crippen LogP contribution in [0.3, 0.4) is 0 Å². The summed E-state index contributed by atoms with van der Waals surface area (Å²) < 4.78 is 0. The Morgan fingerprint density at radius 3 is 1.88 bits per heavy atom. The van der Waals surface area contributed by atoms with Crippen molar-refractivity contribution >= 4 is 5.91 Å². The molecule has 2 aromatic rings. The molecule has 1 aliphatic rings. The van der Waals surface area contributed by atoms with Gasteiger partial charge in [-0.2, -0.15) is 0 Å². The lowest BCUT2D eigenvalue weighted by Gasteiger charge is -2.25. The van der Waals surface area contributed by atoms with Crippen LogP contribution in [0.5, 0.6) is 0 Å². The van der Waals surface area contributed by atoms with Crippen molar-refractivity contribution < 1.29 is 4.79 Å². The summed E-state index contributed by atoms with van der Waals surface area (Å²) in [5.74, 6) is 0.421. The molecule has 0 unspecified atom stereocenters. The van der Waals surface area contributed by atoms with Crippen LogP contribution in [-0.4, -0.2) is 25.0 Å². The van der Waals surface area contributed by atoms with Crippen LogP contribution in [0.15, 0.2) is 60.7 Å². The quantitative estimate of drug-likeness (QED) is 0.761. The molecule has 0 atom stereocenters. The molecule has 0 aromatic heterocycles. The molecule has 3 heteroatoms. The first-order valence-electron chi connectivity index (χ1n) is 9.90. The maximum atomic E-state index is 12.7. The first kappa shape index (κ1) is 18.7. The van der Waals surface area contributed by atoms with Gasteiger partial charge in [0, 0.05) is 12.0 Å². The van der Waals surface area contributed by atoms with Crippen LogP contribution < -0.4 is 10.6 Å². The Kier molecular flexibility index (Phi) is 7.26. The van der Waals surface area contributed by atoms with Gasteiger partial charge in [0.05, 0.1) is 0 Å². The van der Waals surface area contributed by atoms with Crippen molar-refractivity contribution in [1.82, 2.24) is 10.6 Å². The van der Waals surface area contributed by atoms with E-state index in [0.717, 1.165) is 51.6 Å². The van der Waals surface area contributed by atoms with Crippen molar-refractivity contribution in [2.24, 2.45) is 5.92 Å². The van der Waals surface area contributed by atoms with E-state index in [0.29, 0.717) is 0 Å². The minimum Gasteiger partial charge on any atom is -0.353 e. The summed E-state index contributed by atoms with van der Waals surface area (Å²) in [5.41, 5.74) is 2.68. The van der Waals surface area contributed by atoms with Gasteiger partial charge in [-0.15, -0.1) is 0 Å². The highest BCUT2D eigenvalue weighted by molar-refractivity contribution is 5.79. The molecule has 1 aliphatic heterocycles. The fourth-order valence-corrected chi connectivity index (χ4v) is 3.66. The Balaban J connectivity index is 1.57. The van der Waals surface area contributed by atoms with E-state index in [9.17, 15) is 4.79 Å². The number of carbonyl (C=O) groups excluding carboxylic acids is 1. The third-order valence-electron chi connectivity index (χ3n) is 5.30. The second-order valence-electron chi connectivity index (χ2n) is 7.28. The Morgan fingerprint density at radius 1 is 0.885 bits per heavy atom. The largest absolute Gasteiger partial charge is 0.353 e. The molecule has 0 aliphatic carbocycles. The highest BCUT2D eigenvalue weighted by Crippen LogP contribution is 2.15. The topological polar surface area (TPSA) is 41.1 Å². The van der Waals surface area contributed by atoms with Crippen LogP contribution in [0.4, 0.5) is 0 Å². The van der Waals surface area contributed by atoms with E-state index >= 15 is 0 Å². The van der Waals surface area contributed by atoms with Gasteiger partial charge in [0.25, 0.3) is 0 Å². The molecule has 1 saturated heterocycles.